The molecule has 1 N–H and O–H groups in total. The highest BCUT2D eigenvalue weighted by Gasteiger charge is 2.07. The molecule has 1 aromatic carbocycles. The second kappa shape index (κ2) is 4.31. The molecular formula is C15H11N5. The van der Waals surface area contributed by atoms with Crippen molar-refractivity contribution in [1.82, 2.24) is 19.6 Å². The average molecular weight is 261 g/mol. The molecule has 3 aromatic heterocycles. The molecular weight excluding hydrogens is 250 g/mol. The SMILES string of the molecule is c1ccc(Nc2nc3c4ccccc4ccn3n2)nc1. The molecule has 0 aliphatic heterocycles. The maximum Gasteiger partial charge on any atom is 0.248 e. The van der Waals surface area contributed by atoms with E-state index >= 15 is 0 Å². The fourth-order valence-corrected chi connectivity index (χ4v) is 2.21. The van der Waals surface area contributed by atoms with Crippen LogP contribution in [0, 0.1) is 0 Å². The fraction of sp³-hybridized carbons (Fsp3) is 0. The molecule has 0 spiro atoms. The molecule has 96 valence electrons. The first kappa shape index (κ1) is 10.9. The molecule has 3 heterocycles. The highest BCUT2D eigenvalue weighted by atomic mass is 15.3. The smallest absolute Gasteiger partial charge is 0.248 e. The molecule has 0 amide bonds. The summed E-state index contributed by atoms with van der Waals surface area (Å²) < 4.78 is 1.77. The van der Waals surface area contributed by atoms with Crippen molar-refractivity contribution < 1.29 is 0 Å². The number of nitrogens with zero attached hydrogens (tertiary/aromatic N) is 4. The molecule has 4 rings (SSSR count). The van der Waals surface area contributed by atoms with Crippen LogP contribution in [-0.2, 0) is 0 Å². The van der Waals surface area contributed by atoms with Gasteiger partial charge in [-0.15, -0.1) is 5.10 Å². The van der Waals surface area contributed by atoms with Gasteiger partial charge in [-0.05, 0) is 23.6 Å². The van der Waals surface area contributed by atoms with E-state index in [1.54, 1.807) is 10.7 Å². The van der Waals surface area contributed by atoms with Crippen LogP contribution in [-0.4, -0.2) is 19.6 Å². The van der Waals surface area contributed by atoms with E-state index in [9.17, 15) is 0 Å². The zero-order valence-electron chi connectivity index (χ0n) is 10.6. The summed E-state index contributed by atoms with van der Waals surface area (Å²) in [5.74, 6) is 1.27. The Labute approximate surface area is 114 Å². The van der Waals surface area contributed by atoms with Crippen molar-refractivity contribution in [2.75, 3.05) is 5.32 Å². The predicted octanol–water partition coefficient (Wildman–Crippen LogP) is 3.02. The molecule has 5 nitrogen and oxygen atoms in total. The normalized spacial score (nSPS) is 11.0. The second-order valence-electron chi connectivity index (χ2n) is 4.45. The van der Waals surface area contributed by atoms with E-state index in [0.29, 0.717) is 5.95 Å². The molecule has 4 aromatic rings. The minimum Gasteiger partial charge on any atom is -0.307 e. The van der Waals surface area contributed by atoms with E-state index in [0.717, 1.165) is 22.2 Å². The first-order valence-electron chi connectivity index (χ1n) is 6.32. The van der Waals surface area contributed by atoms with Crippen LogP contribution in [0.15, 0.2) is 60.9 Å². The lowest BCUT2D eigenvalue weighted by Gasteiger charge is -1.97. The Bertz CT molecular complexity index is 882. The van der Waals surface area contributed by atoms with Crippen LogP contribution in [0.25, 0.3) is 16.4 Å². The summed E-state index contributed by atoms with van der Waals surface area (Å²) in [4.78, 5) is 8.74. The van der Waals surface area contributed by atoms with Gasteiger partial charge in [-0.1, -0.05) is 30.3 Å². The van der Waals surface area contributed by atoms with Gasteiger partial charge in [0.25, 0.3) is 0 Å². The van der Waals surface area contributed by atoms with Gasteiger partial charge in [-0.25, -0.2) is 9.50 Å². The van der Waals surface area contributed by atoms with Crippen LogP contribution in [0.2, 0.25) is 0 Å². The molecule has 0 bridgehead atoms. The summed E-state index contributed by atoms with van der Waals surface area (Å²) in [7, 11) is 0. The zero-order chi connectivity index (χ0) is 13.4. The van der Waals surface area contributed by atoms with E-state index in [1.165, 1.54) is 0 Å². The van der Waals surface area contributed by atoms with Gasteiger partial charge in [-0.3, -0.25) is 0 Å². The molecule has 0 radical (unpaired) electrons. The lowest BCUT2D eigenvalue weighted by molar-refractivity contribution is 0.969. The lowest BCUT2D eigenvalue weighted by Crippen LogP contribution is -1.94. The van der Waals surface area contributed by atoms with Gasteiger partial charge in [0.1, 0.15) is 5.82 Å². The number of rotatable bonds is 2. The van der Waals surface area contributed by atoms with Crippen molar-refractivity contribution in [3.63, 3.8) is 0 Å². The highest BCUT2D eigenvalue weighted by molar-refractivity contribution is 5.93. The van der Waals surface area contributed by atoms with Gasteiger partial charge < -0.3 is 5.32 Å². The Morgan fingerprint density at radius 2 is 1.85 bits per heavy atom. The third-order valence-corrected chi connectivity index (χ3v) is 3.13. The van der Waals surface area contributed by atoms with Crippen LogP contribution < -0.4 is 5.32 Å². The number of hydrogen-bond acceptors (Lipinski definition) is 4. The predicted molar refractivity (Wildman–Crippen MR) is 78.0 cm³/mol. The Morgan fingerprint density at radius 3 is 2.75 bits per heavy atom. The summed E-state index contributed by atoms with van der Waals surface area (Å²) in [6.07, 6.45) is 3.64. The third kappa shape index (κ3) is 1.76. The molecule has 0 saturated heterocycles. The molecule has 0 fully saturated rings. The third-order valence-electron chi connectivity index (χ3n) is 3.13. The van der Waals surface area contributed by atoms with Crippen molar-refractivity contribution in [2.24, 2.45) is 0 Å². The second-order valence-corrected chi connectivity index (χ2v) is 4.45. The van der Waals surface area contributed by atoms with Crippen LogP contribution in [0.3, 0.4) is 0 Å². The summed E-state index contributed by atoms with van der Waals surface area (Å²) in [6, 6.07) is 15.8. The van der Waals surface area contributed by atoms with E-state index in [1.807, 2.05) is 48.7 Å². The molecule has 0 aliphatic rings. The van der Waals surface area contributed by atoms with E-state index < -0.39 is 0 Å². The summed E-state index contributed by atoms with van der Waals surface area (Å²) in [5.41, 5.74) is 0.835. The van der Waals surface area contributed by atoms with Gasteiger partial charge >= 0.3 is 0 Å². The van der Waals surface area contributed by atoms with Gasteiger partial charge in [0.15, 0.2) is 5.65 Å². The van der Waals surface area contributed by atoms with Crippen molar-refractivity contribution in [3.8, 4) is 0 Å². The van der Waals surface area contributed by atoms with Crippen molar-refractivity contribution in [3.05, 3.63) is 60.9 Å². The largest absolute Gasteiger partial charge is 0.307 e. The number of fused-ring (bicyclic) bond motifs is 3. The first-order valence-corrected chi connectivity index (χ1v) is 6.32. The van der Waals surface area contributed by atoms with E-state index in [-0.39, 0.29) is 0 Å². The zero-order valence-corrected chi connectivity index (χ0v) is 10.6. The highest BCUT2D eigenvalue weighted by Crippen LogP contribution is 2.20. The van der Waals surface area contributed by atoms with Gasteiger partial charge in [-0.2, -0.15) is 4.98 Å². The topological polar surface area (TPSA) is 55.1 Å². The number of benzene rings is 1. The minimum absolute atomic E-state index is 0.542. The molecule has 0 aliphatic carbocycles. The van der Waals surface area contributed by atoms with Crippen LogP contribution in [0.4, 0.5) is 11.8 Å². The number of pyridine rings is 2. The average Bonchev–Trinajstić information content (AvgIpc) is 2.91. The lowest BCUT2D eigenvalue weighted by atomic mass is 10.2. The molecule has 20 heavy (non-hydrogen) atoms. The van der Waals surface area contributed by atoms with Gasteiger partial charge in [0.05, 0.1) is 0 Å². The Morgan fingerprint density at radius 1 is 0.950 bits per heavy atom. The van der Waals surface area contributed by atoms with Crippen molar-refractivity contribution in [2.45, 2.75) is 0 Å². The fourth-order valence-electron chi connectivity index (χ4n) is 2.21. The minimum atomic E-state index is 0.542. The van der Waals surface area contributed by atoms with Crippen LogP contribution in [0.1, 0.15) is 0 Å². The summed E-state index contributed by atoms with van der Waals surface area (Å²) >= 11 is 0. The van der Waals surface area contributed by atoms with E-state index in [2.05, 4.69) is 26.4 Å². The van der Waals surface area contributed by atoms with Crippen LogP contribution >= 0.6 is 0 Å². The van der Waals surface area contributed by atoms with Gasteiger partial charge in [0, 0.05) is 17.8 Å². The molecule has 5 heteroatoms. The first-order chi connectivity index (χ1) is 9.90. The summed E-state index contributed by atoms with van der Waals surface area (Å²) in [5, 5.41) is 9.75. The Hall–Kier alpha value is -2.95. The summed E-state index contributed by atoms with van der Waals surface area (Å²) in [6.45, 7) is 0. The molecule has 0 atom stereocenters. The molecule has 0 saturated carbocycles. The Balaban J connectivity index is 1.84. The Kier molecular flexibility index (Phi) is 2.35. The number of hydrogen-bond donors (Lipinski definition) is 1. The van der Waals surface area contributed by atoms with E-state index in [4.69, 9.17) is 0 Å². The standard InChI is InChI=1S/C15H11N5/c1-2-6-12-11(5-1)8-10-20-14(12)18-15(19-20)17-13-7-3-4-9-16-13/h1-10H,(H,16,17,19). The quantitative estimate of drug-likeness (QED) is 0.602. The number of anilines is 2. The maximum atomic E-state index is 4.54. The monoisotopic (exact) mass is 261 g/mol. The maximum absolute atomic E-state index is 4.54. The number of nitrogens with one attached hydrogen (secondary N) is 1. The van der Waals surface area contributed by atoms with Crippen molar-refractivity contribution in [1.29, 1.82) is 0 Å². The number of aromatic nitrogens is 4. The molecule has 0 unspecified atom stereocenters. The van der Waals surface area contributed by atoms with Crippen LogP contribution in [0.5, 0.6) is 0 Å². The van der Waals surface area contributed by atoms with Crippen molar-refractivity contribution >= 4 is 28.2 Å². The van der Waals surface area contributed by atoms with Gasteiger partial charge in [0.2, 0.25) is 5.95 Å².